The minimum absolute atomic E-state index is 0.0886. The number of nitrogens with zero attached hydrogens (tertiary/aromatic N) is 3. The predicted molar refractivity (Wildman–Crippen MR) is 135 cm³/mol. The molecular weight excluding hydrogens is 442 g/mol. The first kappa shape index (κ1) is 24.5. The van der Waals surface area contributed by atoms with E-state index in [2.05, 4.69) is 27.9 Å². The summed E-state index contributed by atoms with van der Waals surface area (Å²) in [6.07, 6.45) is 1.62. The molecule has 0 aliphatic carbocycles. The standard InChI is InChI=1S/C27H33N5O3/c1-19-24(20(2)32(30-19)17-21-8-5-4-6-9-21)16-28-26(33)18-31-15-7-10-25(31)27(34)29-22-11-13-23(35-3)14-12-22/h4-6,8-9,11-14,25H,7,10,15-18H2,1-3H3,(H,28,33)(H,29,34). The molecule has 3 aromatic rings. The summed E-state index contributed by atoms with van der Waals surface area (Å²) in [5, 5.41) is 10.6. The molecular formula is C27H33N5O3. The van der Waals surface area contributed by atoms with Crippen LogP contribution in [0, 0.1) is 13.8 Å². The monoisotopic (exact) mass is 475 g/mol. The Bertz CT molecular complexity index is 1160. The van der Waals surface area contributed by atoms with Gasteiger partial charge in [-0.2, -0.15) is 5.10 Å². The number of carbonyl (C=O) groups is 2. The second-order valence-corrected chi connectivity index (χ2v) is 8.92. The van der Waals surface area contributed by atoms with E-state index in [0.29, 0.717) is 18.8 Å². The maximum absolute atomic E-state index is 12.9. The molecule has 8 heteroatoms. The van der Waals surface area contributed by atoms with Crippen molar-refractivity contribution < 1.29 is 14.3 Å². The fourth-order valence-electron chi connectivity index (χ4n) is 4.54. The maximum Gasteiger partial charge on any atom is 0.241 e. The van der Waals surface area contributed by atoms with Crippen LogP contribution in [-0.4, -0.2) is 52.7 Å². The van der Waals surface area contributed by atoms with Crippen LogP contribution < -0.4 is 15.4 Å². The molecule has 2 heterocycles. The lowest BCUT2D eigenvalue weighted by molar-refractivity contribution is -0.125. The summed E-state index contributed by atoms with van der Waals surface area (Å²) in [6.45, 7) is 6.03. The molecule has 0 saturated carbocycles. The van der Waals surface area contributed by atoms with Crippen molar-refractivity contribution in [2.45, 2.75) is 45.8 Å². The van der Waals surface area contributed by atoms with Crippen molar-refractivity contribution in [3.05, 3.63) is 77.1 Å². The highest BCUT2D eigenvalue weighted by Gasteiger charge is 2.32. The van der Waals surface area contributed by atoms with E-state index < -0.39 is 0 Å². The van der Waals surface area contributed by atoms with Gasteiger partial charge in [-0.05, 0) is 63.1 Å². The van der Waals surface area contributed by atoms with Gasteiger partial charge in [-0.1, -0.05) is 30.3 Å². The van der Waals surface area contributed by atoms with E-state index in [4.69, 9.17) is 4.74 Å². The first-order valence-corrected chi connectivity index (χ1v) is 12.0. The van der Waals surface area contributed by atoms with Gasteiger partial charge in [0, 0.05) is 23.5 Å². The number of methoxy groups -OCH3 is 1. The zero-order valence-electron chi connectivity index (χ0n) is 20.6. The lowest BCUT2D eigenvalue weighted by Gasteiger charge is -2.23. The summed E-state index contributed by atoms with van der Waals surface area (Å²) in [4.78, 5) is 27.6. The molecule has 1 aliphatic heterocycles. The average Bonchev–Trinajstić information content (AvgIpc) is 3.42. The second kappa shape index (κ2) is 11.2. The molecule has 35 heavy (non-hydrogen) atoms. The highest BCUT2D eigenvalue weighted by Crippen LogP contribution is 2.21. The summed E-state index contributed by atoms with van der Waals surface area (Å²) in [5.41, 5.74) is 4.89. The summed E-state index contributed by atoms with van der Waals surface area (Å²) in [6, 6.07) is 17.1. The summed E-state index contributed by atoms with van der Waals surface area (Å²) in [7, 11) is 1.61. The first-order chi connectivity index (χ1) is 16.9. The normalized spacial score (nSPS) is 15.7. The third-order valence-electron chi connectivity index (χ3n) is 6.54. The molecule has 1 aliphatic rings. The van der Waals surface area contributed by atoms with Crippen LogP contribution >= 0.6 is 0 Å². The number of aromatic nitrogens is 2. The van der Waals surface area contributed by atoms with Crippen LogP contribution in [0.1, 0.15) is 35.4 Å². The molecule has 0 spiro atoms. The minimum atomic E-state index is -0.319. The van der Waals surface area contributed by atoms with E-state index >= 15 is 0 Å². The van der Waals surface area contributed by atoms with Crippen molar-refractivity contribution in [3.8, 4) is 5.75 Å². The minimum Gasteiger partial charge on any atom is -0.497 e. The number of amides is 2. The number of hydrogen-bond acceptors (Lipinski definition) is 5. The van der Waals surface area contributed by atoms with Crippen LogP contribution in [0.3, 0.4) is 0 Å². The van der Waals surface area contributed by atoms with Gasteiger partial charge in [0.25, 0.3) is 0 Å². The Morgan fingerprint density at radius 2 is 1.83 bits per heavy atom. The predicted octanol–water partition coefficient (Wildman–Crippen LogP) is 3.28. The second-order valence-electron chi connectivity index (χ2n) is 8.92. The fraction of sp³-hybridized carbons (Fsp3) is 0.370. The van der Waals surface area contributed by atoms with Crippen molar-refractivity contribution in [2.75, 3.05) is 25.5 Å². The highest BCUT2D eigenvalue weighted by molar-refractivity contribution is 5.95. The molecule has 184 valence electrons. The number of benzene rings is 2. The number of likely N-dealkylation sites (tertiary alicyclic amines) is 1. The molecule has 8 nitrogen and oxygen atoms in total. The Morgan fingerprint density at radius 3 is 2.54 bits per heavy atom. The van der Waals surface area contributed by atoms with Gasteiger partial charge in [-0.25, -0.2) is 0 Å². The number of nitrogens with one attached hydrogen (secondary N) is 2. The number of aryl methyl sites for hydroxylation is 1. The van der Waals surface area contributed by atoms with E-state index in [1.165, 1.54) is 5.56 Å². The SMILES string of the molecule is COc1ccc(NC(=O)C2CCCN2CC(=O)NCc2c(C)nn(Cc3ccccc3)c2C)cc1. The Labute approximate surface area is 206 Å². The summed E-state index contributed by atoms with van der Waals surface area (Å²) in [5.74, 6) is 0.552. The van der Waals surface area contributed by atoms with Gasteiger partial charge in [-0.3, -0.25) is 19.2 Å². The Balaban J connectivity index is 1.31. The molecule has 1 unspecified atom stereocenters. The molecule has 4 rings (SSSR count). The average molecular weight is 476 g/mol. The van der Waals surface area contributed by atoms with Gasteiger partial charge in [0.2, 0.25) is 11.8 Å². The quantitative estimate of drug-likeness (QED) is 0.496. The van der Waals surface area contributed by atoms with Crippen LogP contribution in [-0.2, 0) is 22.7 Å². The Hall–Kier alpha value is -3.65. The van der Waals surface area contributed by atoms with Crippen LogP contribution in [0.15, 0.2) is 54.6 Å². The van der Waals surface area contributed by atoms with Crippen molar-refractivity contribution in [1.29, 1.82) is 0 Å². The molecule has 2 aromatic carbocycles. The van der Waals surface area contributed by atoms with Crippen molar-refractivity contribution in [1.82, 2.24) is 20.0 Å². The molecule has 2 N–H and O–H groups in total. The van der Waals surface area contributed by atoms with E-state index in [9.17, 15) is 9.59 Å². The molecule has 1 atom stereocenters. The van der Waals surface area contributed by atoms with Crippen LogP contribution in [0.25, 0.3) is 0 Å². The van der Waals surface area contributed by atoms with Gasteiger partial charge < -0.3 is 15.4 Å². The van der Waals surface area contributed by atoms with Gasteiger partial charge in [0.05, 0.1) is 31.9 Å². The van der Waals surface area contributed by atoms with Gasteiger partial charge in [0.15, 0.2) is 0 Å². The molecule has 1 aromatic heterocycles. The van der Waals surface area contributed by atoms with Crippen molar-refractivity contribution in [3.63, 3.8) is 0 Å². The summed E-state index contributed by atoms with van der Waals surface area (Å²) >= 11 is 0. The number of rotatable bonds is 9. The van der Waals surface area contributed by atoms with Gasteiger partial charge in [-0.15, -0.1) is 0 Å². The zero-order valence-corrected chi connectivity index (χ0v) is 20.6. The van der Waals surface area contributed by atoms with E-state index in [-0.39, 0.29) is 24.4 Å². The van der Waals surface area contributed by atoms with E-state index in [1.807, 2.05) is 53.8 Å². The molecule has 0 radical (unpaired) electrons. The number of ether oxygens (including phenoxy) is 1. The molecule has 1 saturated heterocycles. The lowest BCUT2D eigenvalue weighted by Crippen LogP contribution is -2.44. The first-order valence-electron chi connectivity index (χ1n) is 12.0. The highest BCUT2D eigenvalue weighted by atomic mass is 16.5. The van der Waals surface area contributed by atoms with Crippen molar-refractivity contribution >= 4 is 17.5 Å². The largest absolute Gasteiger partial charge is 0.497 e. The van der Waals surface area contributed by atoms with Gasteiger partial charge in [0.1, 0.15) is 5.75 Å². The van der Waals surface area contributed by atoms with Crippen LogP contribution in [0.4, 0.5) is 5.69 Å². The van der Waals surface area contributed by atoms with E-state index in [0.717, 1.165) is 42.1 Å². The van der Waals surface area contributed by atoms with Crippen LogP contribution in [0.5, 0.6) is 5.75 Å². The van der Waals surface area contributed by atoms with Crippen LogP contribution in [0.2, 0.25) is 0 Å². The lowest BCUT2D eigenvalue weighted by atomic mass is 10.2. The number of carbonyl (C=O) groups excluding carboxylic acids is 2. The molecule has 1 fully saturated rings. The number of anilines is 1. The Morgan fingerprint density at radius 1 is 1.09 bits per heavy atom. The van der Waals surface area contributed by atoms with E-state index in [1.54, 1.807) is 19.2 Å². The summed E-state index contributed by atoms with van der Waals surface area (Å²) < 4.78 is 7.14. The maximum atomic E-state index is 12.9. The molecule has 2 amide bonds. The van der Waals surface area contributed by atoms with Crippen molar-refractivity contribution in [2.24, 2.45) is 0 Å². The molecule has 0 bridgehead atoms. The third kappa shape index (κ3) is 6.08. The zero-order chi connectivity index (χ0) is 24.8. The number of hydrogen-bond donors (Lipinski definition) is 2. The van der Waals surface area contributed by atoms with Gasteiger partial charge >= 0.3 is 0 Å². The topological polar surface area (TPSA) is 88.5 Å². The Kier molecular flexibility index (Phi) is 7.82. The third-order valence-corrected chi connectivity index (χ3v) is 6.54. The smallest absolute Gasteiger partial charge is 0.241 e. The fourth-order valence-corrected chi connectivity index (χ4v) is 4.54.